The number of rotatable bonds is 5. The first-order valence-corrected chi connectivity index (χ1v) is 11.3. The second-order valence-corrected chi connectivity index (χ2v) is 9.47. The van der Waals surface area contributed by atoms with Gasteiger partial charge in [0.05, 0.1) is 17.4 Å². The quantitative estimate of drug-likeness (QED) is 0.538. The van der Waals surface area contributed by atoms with E-state index in [2.05, 4.69) is 30.1 Å². The summed E-state index contributed by atoms with van der Waals surface area (Å²) in [4.78, 5) is 29.4. The van der Waals surface area contributed by atoms with Gasteiger partial charge >= 0.3 is 5.97 Å². The van der Waals surface area contributed by atoms with Crippen molar-refractivity contribution < 1.29 is 20.1 Å². The van der Waals surface area contributed by atoms with Crippen LogP contribution in [0.25, 0.3) is 0 Å². The predicted octanol–water partition coefficient (Wildman–Crippen LogP) is 2.00. The molecule has 0 radical (unpaired) electrons. The zero-order chi connectivity index (χ0) is 22.2. The molecule has 2 aliphatic rings. The Morgan fingerprint density at radius 1 is 1.13 bits per heavy atom. The molecule has 0 unspecified atom stereocenters. The second-order valence-electron chi connectivity index (χ2n) is 8.47. The molecule has 0 bridgehead atoms. The zero-order valence-corrected chi connectivity index (χ0v) is 18.5. The number of aliphatic hydroxyl groups excluding tert-OH is 1. The molecular weight excluding hydrogens is 420 g/mol. The van der Waals surface area contributed by atoms with E-state index in [1.807, 2.05) is 13.0 Å². The van der Waals surface area contributed by atoms with Crippen LogP contribution in [0.1, 0.15) is 48.0 Å². The van der Waals surface area contributed by atoms with Crippen molar-refractivity contribution in [3.05, 3.63) is 16.6 Å². The maximum atomic E-state index is 11.3. The van der Waals surface area contributed by atoms with Crippen LogP contribution in [0.3, 0.4) is 0 Å². The first-order chi connectivity index (χ1) is 14.7. The van der Waals surface area contributed by atoms with Gasteiger partial charge in [0.25, 0.3) is 0 Å². The Bertz CT molecular complexity index is 947. The number of carboxylic acids is 1. The van der Waals surface area contributed by atoms with Crippen LogP contribution < -0.4 is 15.1 Å². The summed E-state index contributed by atoms with van der Waals surface area (Å²) in [5.41, 5.74) is -0.220. The Labute approximate surface area is 184 Å². The molecule has 4 rings (SSSR count). The number of nitrogens with zero attached hydrogens (tertiary/aromatic N) is 5. The minimum Gasteiger partial charge on any atom is -0.477 e. The van der Waals surface area contributed by atoms with Crippen LogP contribution >= 0.6 is 11.3 Å². The molecule has 4 N–H and O–H groups in total. The molecule has 2 aromatic rings. The summed E-state index contributed by atoms with van der Waals surface area (Å²) >= 11 is 1.05. The monoisotopic (exact) mass is 448 g/mol. The van der Waals surface area contributed by atoms with E-state index >= 15 is 0 Å². The Morgan fingerprint density at radius 2 is 1.71 bits per heavy atom. The van der Waals surface area contributed by atoms with Crippen molar-refractivity contribution in [2.45, 2.75) is 51.2 Å². The highest BCUT2D eigenvalue weighted by atomic mass is 32.1. The largest absolute Gasteiger partial charge is 0.477 e. The predicted molar refractivity (Wildman–Crippen MR) is 119 cm³/mol. The van der Waals surface area contributed by atoms with Gasteiger partial charge in [0.15, 0.2) is 5.13 Å². The number of aryl methyl sites for hydroxylation is 1. The lowest BCUT2D eigenvalue weighted by Crippen LogP contribution is -2.43. The third-order valence-corrected chi connectivity index (χ3v) is 6.92. The molecule has 4 heterocycles. The standard InChI is InChI=1S/C20H28N6O4S/c1-12-16(17(28)29)31-19(21-12)24-18-22-14(25-7-3-13(27)4-8-25)11-15(23-18)26-9-5-20(2,30)6-10-26/h11,13,27,30H,3-10H2,1-2H3,(H,28,29)(H,21,22,23,24). The lowest BCUT2D eigenvalue weighted by Gasteiger charge is -2.37. The number of thiazole rings is 1. The van der Waals surface area contributed by atoms with Crippen molar-refractivity contribution in [1.82, 2.24) is 15.0 Å². The topological polar surface area (TPSA) is 135 Å². The fourth-order valence-corrected chi connectivity index (χ4v) is 4.66. The number of carbonyl (C=O) groups is 1. The van der Waals surface area contributed by atoms with E-state index in [-0.39, 0.29) is 11.0 Å². The van der Waals surface area contributed by atoms with Gasteiger partial charge in [0.1, 0.15) is 16.5 Å². The molecular formula is C20H28N6O4S. The molecule has 10 nitrogen and oxygen atoms in total. The molecule has 2 saturated heterocycles. The first kappa shape index (κ1) is 21.7. The highest BCUT2D eigenvalue weighted by molar-refractivity contribution is 7.17. The van der Waals surface area contributed by atoms with Gasteiger partial charge < -0.3 is 25.1 Å². The SMILES string of the molecule is Cc1nc(Nc2nc(N3CCC(O)CC3)cc(N3CCC(C)(O)CC3)n2)sc1C(=O)O. The highest BCUT2D eigenvalue weighted by Crippen LogP contribution is 2.30. The van der Waals surface area contributed by atoms with E-state index in [1.165, 1.54) is 0 Å². The minimum absolute atomic E-state index is 0.183. The number of nitrogens with one attached hydrogen (secondary N) is 1. The lowest BCUT2D eigenvalue weighted by molar-refractivity contribution is 0.0350. The first-order valence-electron chi connectivity index (χ1n) is 10.5. The van der Waals surface area contributed by atoms with Crippen molar-refractivity contribution in [3.63, 3.8) is 0 Å². The van der Waals surface area contributed by atoms with Crippen LogP contribution in [-0.4, -0.2) is 74.1 Å². The third-order valence-electron chi connectivity index (χ3n) is 5.86. The summed E-state index contributed by atoms with van der Waals surface area (Å²) in [6, 6.07) is 1.94. The van der Waals surface area contributed by atoms with Gasteiger partial charge in [-0.05, 0) is 39.5 Å². The van der Waals surface area contributed by atoms with Gasteiger partial charge in [-0.15, -0.1) is 0 Å². The Morgan fingerprint density at radius 3 is 2.26 bits per heavy atom. The fraction of sp³-hybridized carbons (Fsp3) is 0.600. The van der Waals surface area contributed by atoms with E-state index in [4.69, 9.17) is 0 Å². The van der Waals surface area contributed by atoms with E-state index in [1.54, 1.807) is 6.92 Å². The van der Waals surface area contributed by atoms with Gasteiger partial charge in [-0.3, -0.25) is 5.32 Å². The summed E-state index contributed by atoms with van der Waals surface area (Å²) < 4.78 is 0. The van der Waals surface area contributed by atoms with Crippen LogP contribution in [0, 0.1) is 6.92 Å². The fourth-order valence-electron chi connectivity index (χ4n) is 3.86. The minimum atomic E-state index is -1.01. The van der Waals surface area contributed by atoms with Gasteiger partial charge in [-0.1, -0.05) is 11.3 Å². The van der Waals surface area contributed by atoms with Gasteiger partial charge in [0.2, 0.25) is 5.95 Å². The van der Waals surface area contributed by atoms with Crippen LogP contribution in [0.5, 0.6) is 0 Å². The molecule has 2 fully saturated rings. The van der Waals surface area contributed by atoms with Crippen molar-refractivity contribution in [3.8, 4) is 0 Å². The average molecular weight is 449 g/mol. The van der Waals surface area contributed by atoms with Crippen LogP contribution in [0.15, 0.2) is 6.07 Å². The zero-order valence-electron chi connectivity index (χ0n) is 17.7. The van der Waals surface area contributed by atoms with E-state index < -0.39 is 11.6 Å². The van der Waals surface area contributed by atoms with E-state index in [0.29, 0.717) is 68.6 Å². The summed E-state index contributed by atoms with van der Waals surface area (Å²) in [6.45, 7) is 6.28. The summed E-state index contributed by atoms with van der Waals surface area (Å²) in [6.07, 6.45) is 2.38. The normalized spacial score (nSPS) is 19.5. The number of aromatic carboxylic acids is 1. The molecule has 31 heavy (non-hydrogen) atoms. The molecule has 0 aliphatic carbocycles. The second kappa shape index (κ2) is 8.56. The average Bonchev–Trinajstić information content (AvgIpc) is 3.08. The summed E-state index contributed by atoms with van der Waals surface area (Å²) in [5, 5.41) is 32.9. The number of carboxylic acid groups (broad SMARTS) is 1. The van der Waals surface area contributed by atoms with E-state index in [0.717, 1.165) is 23.0 Å². The van der Waals surface area contributed by atoms with Crippen molar-refractivity contribution in [2.75, 3.05) is 41.3 Å². The maximum absolute atomic E-state index is 11.3. The number of piperidine rings is 2. The molecule has 11 heteroatoms. The summed E-state index contributed by atoms with van der Waals surface area (Å²) in [5.74, 6) is 0.844. The summed E-state index contributed by atoms with van der Waals surface area (Å²) in [7, 11) is 0. The van der Waals surface area contributed by atoms with E-state index in [9.17, 15) is 20.1 Å². The molecule has 0 aromatic carbocycles. The lowest BCUT2D eigenvalue weighted by atomic mass is 9.94. The van der Waals surface area contributed by atoms with Gasteiger partial charge in [0, 0.05) is 32.2 Å². The maximum Gasteiger partial charge on any atom is 0.347 e. The molecule has 2 aromatic heterocycles. The highest BCUT2D eigenvalue weighted by Gasteiger charge is 2.29. The Balaban J connectivity index is 1.62. The van der Waals surface area contributed by atoms with Crippen molar-refractivity contribution in [1.29, 1.82) is 0 Å². The number of aliphatic hydroxyl groups is 2. The number of anilines is 4. The molecule has 168 valence electrons. The molecule has 2 aliphatic heterocycles. The molecule has 0 atom stereocenters. The molecule has 0 saturated carbocycles. The van der Waals surface area contributed by atoms with Crippen LogP contribution in [0.2, 0.25) is 0 Å². The molecule has 0 spiro atoms. The van der Waals surface area contributed by atoms with Gasteiger partial charge in [-0.25, -0.2) is 9.78 Å². The number of hydrogen-bond acceptors (Lipinski definition) is 10. The Kier molecular flexibility index (Phi) is 6.00. The van der Waals surface area contributed by atoms with Crippen LogP contribution in [0.4, 0.5) is 22.7 Å². The molecule has 0 amide bonds. The van der Waals surface area contributed by atoms with Gasteiger partial charge in [-0.2, -0.15) is 9.97 Å². The smallest absolute Gasteiger partial charge is 0.347 e. The number of aromatic nitrogens is 3. The number of hydrogen-bond donors (Lipinski definition) is 4. The third kappa shape index (κ3) is 5.05. The van der Waals surface area contributed by atoms with Crippen molar-refractivity contribution >= 4 is 40.0 Å². The van der Waals surface area contributed by atoms with Crippen LogP contribution in [-0.2, 0) is 0 Å². The Hall–Kier alpha value is -2.50. The van der Waals surface area contributed by atoms with Crippen molar-refractivity contribution in [2.24, 2.45) is 0 Å².